The van der Waals surface area contributed by atoms with Gasteiger partial charge >= 0.3 is 0 Å². The van der Waals surface area contributed by atoms with Gasteiger partial charge in [-0.3, -0.25) is 28.8 Å². The second-order valence-corrected chi connectivity index (χ2v) is 9.45. The molecule has 12 heteroatoms. The van der Waals surface area contributed by atoms with Crippen LogP contribution >= 0.6 is 0 Å². The zero-order valence-corrected chi connectivity index (χ0v) is 23.1. The second-order valence-electron chi connectivity index (χ2n) is 9.45. The highest BCUT2D eigenvalue weighted by Gasteiger charge is 2.42. The van der Waals surface area contributed by atoms with Crippen molar-refractivity contribution in [3.63, 3.8) is 0 Å². The van der Waals surface area contributed by atoms with Crippen LogP contribution in [0.1, 0.15) is 62.1 Å². The van der Waals surface area contributed by atoms with E-state index < -0.39 is 68.8 Å². The maximum absolute atomic E-state index is 13.6. The van der Waals surface area contributed by atoms with E-state index in [0.29, 0.717) is 0 Å². The van der Waals surface area contributed by atoms with Crippen LogP contribution in [0, 0.1) is 0 Å². The lowest BCUT2D eigenvalue weighted by atomic mass is 9.82. The van der Waals surface area contributed by atoms with Crippen LogP contribution in [-0.4, -0.2) is 149 Å². The normalized spacial score (nSPS) is 10.3. The first-order valence-corrected chi connectivity index (χ1v) is 10.9. The highest BCUT2D eigenvalue weighted by molar-refractivity contribution is 6.27. The van der Waals surface area contributed by atoms with E-state index in [4.69, 9.17) is 0 Å². The quantitative estimate of drug-likeness (QED) is 0.533. The molecule has 0 atom stereocenters. The summed E-state index contributed by atoms with van der Waals surface area (Å²) in [4.78, 5) is 88.3. The first-order chi connectivity index (χ1) is 16.4. The molecule has 36 heavy (non-hydrogen) atoms. The molecular formula is C24H36N6O6. The van der Waals surface area contributed by atoms with Gasteiger partial charge < -0.3 is 29.4 Å². The van der Waals surface area contributed by atoms with E-state index >= 15 is 0 Å². The number of rotatable bonds is 6. The number of amides is 6. The Hall–Kier alpha value is -3.96. The van der Waals surface area contributed by atoms with Crippen molar-refractivity contribution >= 4 is 35.4 Å². The van der Waals surface area contributed by atoms with Gasteiger partial charge in [0.05, 0.1) is 33.4 Å². The zero-order chi connectivity index (χ0) is 28.4. The molecule has 0 aromatic heterocycles. The monoisotopic (exact) mass is 504 g/mol. The number of benzene rings is 1. The molecular weight excluding hydrogens is 468 g/mol. The molecule has 6 amide bonds. The summed E-state index contributed by atoms with van der Waals surface area (Å²) in [5, 5.41) is 0. The summed E-state index contributed by atoms with van der Waals surface area (Å²) in [5.41, 5.74) is -2.57. The Labute approximate surface area is 212 Å². The number of carbonyl (C=O) groups excluding carboxylic acids is 6. The van der Waals surface area contributed by atoms with Gasteiger partial charge in [0.15, 0.2) is 0 Å². The van der Waals surface area contributed by atoms with Gasteiger partial charge in [-0.1, -0.05) is 0 Å². The van der Waals surface area contributed by atoms with E-state index in [1.807, 2.05) is 0 Å². The number of hydrogen-bond acceptors (Lipinski definition) is 6. The molecule has 0 heterocycles. The fourth-order valence-corrected chi connectivity index (χ4v) is 3.37. The summed E-state index contributed by atoms with van der Waals surface area (Å²) in [5.74, 6) is -4.70. The first kappa shape index (κ1) is 30.1. The third-order valence-electron chi connectivity index (χ3n) is 5.22. The van der Waals surface area contributed by atoms with Crippen molar-refractivity contribution in [2.45, 2.75) is 0 Å². The van der Waals surface area contributed by atoms with Crippen molar-refractivity contribution in [3.05, 3.63) is 33.4 Å². The Balaban J connectivity index is 4.91. The van der Waals surface area contributed by atoms with Crippen LogP contribution in [-0.2, 0) is 0 Å². The number of nitrogens with zero attached hydrogens (tertiary/aromatic N) is 6. The molecule has 0 N–H and O–H groups in total. The molecule has 198 valence electrons. The average Bonchev–Trinajstić information content (AvgIpc) is 2.78. The van der Waals surface area contributed by atoms with Crippen LogP contribution in [0.3, 0.4) is 0 Å². The molecule has 0 aliphatic heterocycles. The van der Waals surface area contributed by atoms with Crippen molar-refractivity contribution < 1.29 is 28.8 Å². The van der Waals surface area contributed by atoms with Crippen LogP contribution in [0.2, 0.25) is 0 Å². The van der Waals surface area contributed by atoms with Gasteiger partial charge in [0.25, 0.3) is 35.4 Å². The molecule has 0 fully saturated rings. The summed E-state index contributed by atoms with van der Waals surface area (Å²) in [7, 11) is 17.0. The lowest BCUT2D eigenvalue weighted by Gasteiger charge is -2.29. The smallest absolute Gasteiger partial charge is 0.255 e. The summed E-state index contributed by atoms with van der Waals surface area (Å²) in [6.07, 6.45) is 0. The van der Waals surface area contributed by atoms with Gasteiger partial charge in [-0.15, -0.1) is 0 Å². The lowest BCUT2D eigenvalue weighted by molar-refractivity contribution is 0.0738. The molecule has 1 aromatic rings. The highest BCUT2D eigenvalue weighted by atomic mass is 16.2. The van der Waals surface area contributed by atoms with Crippen LogP contribution in [0.15, 0.2) is 0 Å². The molecule has 1 rings (SSSR count). The summed E-state index contributed by atoms with van der Waals surface area (Å²) < 4.78 is 0. The van der Waals surface area contributed by atoms with E-state index in [2.05, 4.69) is 0 Å². The second kappa shape index (κ2) is 11.2. The van der Waals surface area contributed by atoms with E-state index in [9.17, 15) is 28.8 Å². The van der Waals surface area contributed by atoms with Gasteiger partial charge in [0.1, 0.15) is 0 Å². The van der Waals surface area contributed by atoms with Crippen molar-refractivity contribution in [2.24, 2.45) is 0 Å². The molecule has 0 radical (unpaired) electrons. The maximum Gasteiger partial charge on any atom is 0.255 e. The Bertz CT molecular complexity index is 874. The molecule has 1 aromatic carbocycles. The number of hydrogen-bond donors (Lipinski definition) is 0. The van der Waals surface area contributed by atoms with Gasteiger partial charge in [0.2, 0.25) is 0 Å². The molecule has 0 saturated carbocycles. The molecule has 0 unspecified atom stereocenters. The number of carbonyl (C=O) groups is 6. The van der Waals surface area contributed by atoms with Gasteiger partial charge in [0, 0.05) is 84.6 Å². The molecule has 0 bridgehead atoms. The largest absolute Gasteiger partial charge is 0.345 e. The zero-order valence-electron chi connectivity index (χ0n) is 23.1. The molecule has 0 spiro atoms. The summed E-state index contributed by atoms with van der Waals surface area (Å²) in [6.45, 7) is 0. The average molecular weight is 505 g/mol. The molecule has 12 nitrogen and oxygen atoms in total. The lowest BCUT2D eigenvalue weighted by Crippen LogP contribution is -2.41. The predicted octanol–water partition coefficient (Wildman–Crippen LogP) is -0.103. The standard InChI is InChI=1S/C24H36N6O6/c1-25(2)19(31)13-14(20(32)26(3)4)16(22(34)28(7)8)18(24(36)30(11)12)17(23(35)29(9)10)15(13)21(33)27(5)6/h1-12H3. The topological polar surface area (TPSA) is 122 Å². The third kappa shape index (κ3) is 5.47. The van der Waals surface area contributed by atoms with E-state index in [1.54, 1.807) is 0 Å². The van der Waals surface area contributed by atoms with Crippen LogP contribution in [0.25, 0.3) is 0 Å². The first-order valence-electron chi connectivity index (χ1n) is 10.9. The predicted molar refractivity (Wildman–Crippen MR) is 135 cm³/mol. The Kier molecular flexibility index (Phi) is 9.34. The Morgan fingerprint density at radius 2 is 0.361 bits per heavy atom. The molecule has 0 aliphatic carbocycles. The molecule has 0 saturated heterocycles. The van der Waals surface area contributed by atoms with Crippen molar-refractivity contribution in [1.29, 1.82) is 0 Å². The van der Waals surface area contributed by atoms with Gasteiger partial charge in [-0.05, 0) is 0 Å². The molecule has 0 aliphatic rings. The Morgan fingerprint density at radius 1 is 0.278 bits per heavy atom. The van der Waals surface area contributed by atoms with Crippen molar-refractivity contribution in [1.82, 2.24) is 29.4 Å². The van der Waals surface area contributed by atoms with Crippen LogP contribution in [0.4, 0.5) is 0 Å². The Morgan fingerprint density at radius 3 is 0.417 bits per heavy atom. The van der Waals surface area contributed by atoms with Crippen molar-refractivity contribution in [2.75, 3.05) is 84.6 Å². The van der Waals surface area contributed by atoms with E-state index in [0.717, 1.165) is 29.4 Å². The highest BCUT2D eigenvalue weighted by Crippen LogP contribution is 2.33. The van der Waals surface area contributed by atoms with E-state index in [-0.39, 0.29) is 0 Å². The minimum atomic E-state index is -0.783. The fourth-order valence-electron chi connectivity index (χ4n) is 3.37. The van der Waals surface area contributed by atoms with Crippen LogP contribution < -0.4 is 0 Å². The van der Waals surface area contributed by atoms with Gasteiger partial charge in [-0.25, -0.2) is 0 Å². The van der Waals surface area contributed by atoms with Gasteiger partial charge in [-0.2, -0.15) is 0 Å². The fraction of sp³-hybridized carbons (Fsp3) is 0.500. The van der Waals surface area contributed by atoms with Crippen LogP contribution in [0.5, 0.6) is 0 Å². The maximum atomic E-state index is 13.6. The van der Waals surface area contributed by atoms with Crippen molar-refractivity contribution in [3.8, 4) is 0 Å². The third-order valence-corrected chi connectivity index (χ3v) is 5.22. The minimum absolute atomic E-state index is 0.428. The summed E-state index contributed by atoms with van der Waals surface area (Å²) >= 11 is 0. The SMILES string of the molecule is CN(C)C(=O)c1c(C(=O)N(C)C)c(C(=O)N(C)C)c(C(=O)N(C)C)c(C(=O)N(C)C)c1C(=O)N(C)C. The van der Waals surface area contributed by atoms with E-state index in [1.165, 1.54) is 84.6 Å². The summed E-state index contributed by atoms with van der Waals surface area (Å²) in [6, 6.07) is 0. The minimum Gasteiger partial charge on any atom is -0.345 e.